The minimum absolute atomic E-state index is 0.104. The largest absolute Gasteiger partial charge is 0.310 e. The lowest BCUT2D eigenvalue weighted by atomic mass is 9.77. The minimum Gasteiger partial charge on any atom is -0.310 e. The molecule has 0 heterocycles. The lowest BCUT2D eigenvalue weighted by Gasteiger charge is -2.34. The Morgan fingerprint density at radius 2 is 1.90 bits per heavy atom. The molecule has 1 aliphatic rings. The fraction of sp³-hybridized carbons (Fsp3) is 0.667. The average Bonchev–Trinajstić information content (AvgIpc) is 2.40. The Balaban J connectivity index is 2.17. The van der Waals surface area contributed by atoms with Gasteiger partial charge in [-0.15, -0.1) is 0 Å². The molecule has 0 aliphatic heterocycles. The van der Waals surface area contributed by atoms with Gasteiger partial charge >= 0.3 is 0 Å². The molecule has 2 heteroatoms. The van der Waals surface area contributed by atoms with Gasteiger partial charge in [0.25, 0.3) is 0 Å². The highest BCUT2D eigenvalue weighted by Crippen LogP contribution is 2.37. The Morgan fingerprint density at radius 3 is 2.50 bits per heavy atom. The molecule has 1 fully saturated rings. The van der Waals surface area contributed by atoms with E-state index in [1.165, 1.54) is 25.7 Å². The van der Waals surface area contributed by atoms with E-state index in [1.54, 1.807) is 12.1 Å². The van der Waals surface area contributed by atoms with Crippen LogP contribution in [0.15, 0.2) is 18.2 Å². The van der Waals surface area contributed by atoms with Crippen molar-refractivity contribution in [1.82, 2.24) is 5.32 Å². The first kappa shape index (κ1) is 15.5. The molecule has 1 aromatic carbocycles. The zero-order valence-electron chi connectivity index (χ0n) is 13.1. The molecule has 1 N–H and O–H groups in total. The van der Waals surface area contributed by atoms with Crippen molar-refractivity contribution in [2.24, 2.45) is 11.8 Å². The summed E-state index contributed by atoms with van der Waals surface area (Å²) in [6.07, 6.45) is 6.26. The van der Waals surface area contributed by atoms with Gasteiger partial charge in [0.1, 0.15) is 5.82 Å². The molecule has 0 aromatic heterocycles. The first-order valence-corrected chi connectivity index (χ1v) is 8.10. The van der Waals surface area contributed by atoms with Crippen LogP contribution in [-0.2, 0) is 0 Å². The summed E-state index contributed by atoms with van der Waals surface area (Å²) in [7, 11) is 0. The highest BCUT2D eigenvalue weighted by molar-refractivity contribution is 5.27. The van der Waals surface area contributed by atoms with Gasteiger partial charge in [-0.1, -0.05) is 32.8 Å². The van der Waals surface area contributed by atoms with Gasteiger partial charge in [0.05, 0.1) is 0 Å². The third-order valence-electron chi connectivity index (χ3n) is 4.57. The zero-order chi connectivity index (χ0) is 14.5. The van der Waals surface area contributed by atoms with E-state index in [-0.39, 0.29) is 5.82 Å². The smallest absolute Gasteiger partial charge is 0.123 e. The molecule has 0 spiro atoms. The normalized spacial score (nSPS) is 24.6. The lowest BCUT2D eigenvalue weighted by Crippen LogP contribution is -2.31. The van der Waals surface area contributed by atoms with Crippen molar-refractivity contribution in [3.8, 4) is 0 Å². The van der Waals surface area contributed by atoms with E-state index in [9.17, 15) is 4.39 Å². The second-order valence-electron chi connectivity index (χ2n) is 6.51. The summed E-state index contributed by atoms with van der Waals surface area (Å²) < 4.78 is 13.7. The summed E-state index contributed by atoms with van der Waals surface area (Å²) in [6.45, 7) is 7.51. The fourth-order valence-corrected chi connectivity index (χ4v) is 3.42. The monoisotopic (exact) mass is 277 g/mol. The minimum atomic E-state index is -0.104. The Morgan fingerprint density at radius 1 is 1.20 bits per heavy atom. The van der Waals surface area contributed by atoms with E-state index in [0.717, 1.165) is 30.0 Å². The van der Waals surface area contributed by atoms with Crippen LogP contribution in [-0.4, -0.2) is 6.54 Å². The molecule has 1 aliphatic carbocycles. The van der Waals surface area contributed by atoms with Crippen LogP contribution >= 0.6 is 0 Å². The van der Waals surface area contributed by atoms with E-state index in [4.69, 9.17) is 0 Å². The third-order valence-corrected chi connectivity index (χ3v) is 4.57. The molecule has 0 amide bonds. The number of nitrogens with one attached hydrogen (secondary N) is 1. The van der Waals surface area contributed by atoms with E-state index in [1.807, 2.05) is 6.92 Å². The van der Waals surface area contributed by atoms with Crippen molar-refractivity contribution in [3.63, 3.8) is 0 Å². The lowest BCUT2D eigenvalue weighted by molar-refractivity contribution is 0.231. The molecular formula is C18H28FN. The van der Waals surface area contributed by atoms with E-state index >= 15 is 0 Å². The molecule has 1 nitrogen and oxygen atoms in total. The number of benzene rings is 1. The zero-order valence-corrected chi connectivity index (χ0v) is 13.1. The maximum atomic E-state index is 13.7. The van der Waals surface area contributed by atoms with Crippen molar-refractivity contribution in [2.45, 2.75) is 58.9 Å². The Hall–Kier alpha value is -0.890. The molecule has 0 radical (unpaired) electrons. The topological polar surface area (TPSA) is 12.0 Å². The van der Waals surface area contributed by atoms with Gasteiger partial charge < -0.3 is 5.32 Å². The summed E-state index contributed by atoms with van der Waals surface area (Å²) in [5.41, 5.74) is 2.16. The van der Waals surface area contributed by atoms with Crippen LogP contribution < -0.4 is 5.32 Å². The van der Waals surface area contributed by atoms with Crippen molar-refractivity contribution >= 4 is 0 Å². The quantitative estimate of drug-likeness (QED) is 0.798. The Labute approximate surface area is 123 Å². The second kappa shape index (κ2) is 7.21. The maximum Gasteiger partial charge on any atom is 0.123 e. The van der Waals surface area contributed by atoms with Crippen molar-refractivity contribution < 1.29 is 4.39 Å². The van der Waals surface area contributed by atoms with E-state index in [2.05, 4.69) is 25.2 Å². The molecule has 20 heavy (non-hydrogen) atoms. The van der Waals surface area contributed by atoms with Gasteiger partial charge in [0, 0.05) is 6.04 Å². The molecule has 0 bridgehead atoms. The standard InChI is InChI=1S/C18H28FN/c1-4-9-20-18(15-7-5-13(2)6-8-15)16-10-14(3)11-17(19)12-16/h10-13,15,18,20H,4-9H2,1-3H3. The van der Waals surface area contributed by atoms with Gasteiger partial charge in [0.15, 0.2) is 0 Å². The molecule has 0 saturated heterocycles. The van der Waals surface area contributed by atoms with Gasteiger partial charge in [-0.2, -0.15) is 0 Å². The molecule has 112 valence electrons. The number of rotatable bonds is 5. The number of aryl methyl sites for hydroxylation is 1. The Bertz CT molecular complexity index is 401. The van der Waals surface area contributed by atoms with Crippen LogP contribution in [0, 0.1) is 24.6 Å². The number of halogens is 1. The Kier molecular flexibility index (Phi) is 5.59. The van der Waals surface area contributed by atoms with E-state index < -0.39 is 0 Å². The summed E-state index contributed by atoms with van der Waals surface area (Å²) in [4.78, 5) is 0. The van der Waals surface area contributed by atoms with Crippen LogP contribution in [0.5, 0.6) is 0 Å². The van der Waals surface area contributed by atoms with Gasteiger partial charge in [-0.3, -0.25) is 0 Å². The van der Waals surface area contributed by atoms with Crippen LogP contribution in [0.2, 0.25) is 0 Å². The maximum absolute atomic E-state index is 13.7. The predicted octanol–water partition coefficient (Wildman–Crippen LogP) is 5.00. The SMILES string of the molecule is CCCNC(c1cc(C)cc(F)c1)C1CCC(C)CC1. The first-order valence-electron chi connectivity index (χ1n) is 8.10. The molecule has 1 unspecified atom stereocenters. The molecule has 1 aromatic rings. The van der Waals surface area contributed by atoms with Crippen molar-refractivity contribution in [3.05, 3.63) is 35.1 Å². The van der Waals surface area contributed by atoms with Crippen LogP contribution in [0.4, 0.5) is 4.39 Å². The summed E-state index contributed by atoms with van der Waals surface area (Å²) in [5, 5.41) is 3.66. The van der Waals surface area contributed by atoms with Crippen molar-refractivity contribution in [2.75, 3.05) is 6.54 Å². The molecular weight excluding hydrogens is 249 g/mol. The average molecular weight is 277 g/mol. The molecule has 1 atom stereocenters. The first-order chi connectivity index (χ1) is 9.60. The predicted molar refractivity (Wildman–Crippen MR) is 83.3 cm³/mol. The van der Waals surface area contributed by atoms with Gasteiger partial charge in [-0.05, 0) is 67.8 Å². The van der Waals surface area contributed by atoms with Crippen LogP contribution in [0.1, 0.15) is 63.1 Å². The summed E-state index contributed by atoms with van der Waals surface area (Å²) in [5.74, 6) is 1.40. The third kappa shape index (κ3) is 4.05. The highest BCUT2D eigenvalue weighted by atomic mass is 19.1. The van der Waals surface area contributed by atoms with Crippen molar-refractivity contribution in [1.29, 1.82) is 0 Å². The summed E-state index contributed by atoms with van der Waals surface area (Å²) in [6, 6.07) is 5.80. The van der Waals surface area contributed by atoms with Gasteiger partial charge in [-0.25, -0.2) is 4.39 Å². The number of hydrogen-bond acceptors (Lipinski definition) is 1. The molecule has 2 rings (SSSR count). The second-order valence-corrected chi connectivity index (χ2v) is 6.51. The van der Waals surface area contributed by atoms with Gasteiger partial charge in [0.2, 0.25) is 0 Å². The van der Waals surface area contributed by atoms with Crippen LogP contribution in [0.25, 0.3) is 0 Å². The summed E-state index contributed by atoms with van der Waals surface area (Å²) >= 11 is 0. The number of hydrogen-bond donors (Lipinski definition) is 1. The molecule has 1 saturated carbocycles. The van der Waals surface area contributed by atoms with Crippen LogP contribution in [0.3, 0.4) is 0 Å². The van der Waals surface area contributed by atoms with E-state index in [0.29, 0.717) is 12.0 Å². The fourth-order valence-electron chi connectivity index (χ4n) is 3.42. The highest BCUT2D eigenvalue weighted by Gasteiger charge is 2.27.